The van der Waals surface area contributed by atoms with Crippen molar-refractivity contribution >= 4 is 23.3 Å². The molecule has 0 unspecified atom stereocenters. The number of hydrogen-bond donors (Lipinski definition) is 1. The van der Waals surface area contributed by atoms with Gasteiger partial charge in [-0.25, -0.2) is 9.78 Å². The highest BCUT2D eigenvalue weighted by Gasteiger charge is 2.29. The second-order valence-corrected chi connectivity index (χ2v) is 9.75. The summed E-state index contributed by atoms with van der Waals surface area (Å²) in [6, 6.07) is 13.3. The summed E-state index contributed by atoms with van der Waals surface area (Å²) in [5.41, 5.74) is 1.01. The molecule has 0 spiro atoms. The topological polar surface area (TPSA) is 84.7 Å². The van der Waals surface area contributed by atoms with Gasteiger partial charge in [0.2, 0.25) is 0 Å². The van der Waals surface area contributed by atoms with Crippen LogP contribution in [-0.2, 0) is 4.74 Å². The normalized spacial score (nSPS) is 14.9. The molecule has 1 N–H and O–H groups in total. The average molecular weight is 454 g/mol. The summed E-state index contributed by atoms with van der Waals surface area (Å²) in [7, 11) is 0. The summed E-state index contributed by atoms with van der Waals surface area (Å²) in [6.07, 6.45) is 2.64. The van der Waals surface area contributed by atoms with Gasteiger partial charge >= 0.3 is 6.09 Å². The number of benzene rings is 1. The van der Waals surface area contributed by atoms with Crippen molar-refractivity contribution in [1.82, 2.24) is 15.2 Å². The number of furan rings is 1. The molecule has 1 aromatic carbocycles. The van der Waals surface area contributed by atoms with Crippen molar-refractivity contribution in [3.8, 4) is 22.0 Å². The van der Waals surface area contributed by atoms with Crippen LogP contribution in [0, 0.1) is 0 Å². The molecule has 1 aliphatic rings. The number of nitrogens with one attached hydrogen (secondary N) is 1. The predicted octanol–water partition coefficient (Wildman–Crippen LogP) is 5.20. The third-order valence-corrected chi connectivity index (χ3v) is 6.16. The Labute approximate surface area is 191 Å². The van der Waals surface area contributed by atoms with Gasteiger partial charge in [-0.2, -0.15) is 0 Å². The van der Waals surface area contributed by atoms with Gasteiger partial charge in [-0.3, -0.25) is 4.79 Å². The van der Waals surface area contributed by atoms with E-state index in [2.05, 4.69) is 5.32 Å². The van der Waals surface area contributed by atoms with E-state index in [0.29, 0.717) is 47.3 Å². The van der Waals surface area contributed by atoms with Gasteiger partial charge in [0.1, 0.15) is 10.5 Å². The monoisotopic (exact) mass is 453 g/mol. The molecule has 0 bridgehead atoms. The Balaban J connectivity index is 1.46. The second kappa shape index (κ2) is 9.16. The Morgan fingerprint density at radius 1 is 1.12 bits per heavy atom. The fraction of sp³-hybridized carbons (Fsp3) is 0.375. The van der Waals surface area contributed by atoms with Gasteiger partial charge in [-0.05, 0) is 45.7 Å². The molecule has 3 aromatic rings. The number of aromatic nitrogens is 1. The fourth-order valence-electron chi connectivity index (χ4n) is 3.56. The number of thiazole rings is 1. The van der Waals surface area contributed by atoms with Crippen molar-refractivity contribution in [1.29, 1.82) is 0 Å². The van der Waals surface area contributed by atoms with E-state index in [4.69, 9.17) is 14.1 Å². The zero-order valence-corrected chi connectivity index (χ0v) is 19.3. The van der Waals surface area contributed by atoms with Gasteiger partial charge in [0.25, 0.3) is 5.91 Å². The Kier molecular flexibility index (Phi) is 6.32. The molecule has 0 radical (unpaired) electrons. The van der Waals surface area contributed by atoms with Crippen LogP contribution in [-0.4, -0.2) is 46.6 Å². The molecule has 4 rings (SSSR count). The van der Waals surface area contributed by atoms with Crippen molar-refractivity contribution in [2.45, 2.75) is 45.3 Å². The van der Waals surface area contributed by atoms with E-state index in [9.17, 15) is 9.59 Å². The maximum atomic E-state index is 13.2. The molecule has 0 atom stereocenters. The van der Waals surface area contributed by atoms with Gasteiger partial charge in [0.15, 0.2) is 10.8 Å². The Morgan fingerprint density at radius 3 is 2.47 bits per heavy atom. The lowest BCUT2D eigenvalue weighted by molar-refractivity contribution is 0.0200. The van der Waals surface area contributed by atoms with E-state index in [1.807, 2.05) is 57.2 Å². The van der Waals surface area contributed by atoms with Crippen molar-refractivity contribution in [3.05, 3.63) is 53.6 Å². The molecule has 1 aliphatic heterocycles. The molecule has 0 saturated carbocycles. The smallest absolute Gasteiger partial charge is 0.410 e. The quantitative estimate of drug-likeness (QED) is 0.587. The summed E-state index contributed by atoms with van der Waals surface area (Å²) >= 11 is 1.32. The van der Waals surface area contributed by atoms with Crippen LogP contribution in [0.2, 0.25) is 0 Å². The first-order valence-electron chi connectivity index (χ1n) is 10.7. The van der Waals surface area contributed by atoms with Gasteiger partial charge < -0.3 is 19.4 Å². The van der Waals surface area contributed by atoms with E-state index in [0.717, 1.165) is 5.56 Å². The van der Waals surface area contributed by atoms with Crippen molar-refractivity contribution in [3.63, 3.8) is 0 Å². The minimum atomic E-state index is -0.520. The average Bonchev–Trinajstić information content (AvgIpc) is 3.44. The Bertz CT molecular complexity index is 1060. The number of likely N-dealkylation sites (tertiary alicyclic amines) is 1. The number of hydrogen-bond acceptors (Lipinski definition) is 6. The number of rotatable bonds is 4. The summed E-state index contributed by atoms with van der Waals surface area (Å²) in [6.45, 7) is 6.66. The summed E-state index contributed by atoms with van der Waals surface area (Å²) < 4.78 is 10.9. The van der Waals surface area contributed by atoms with E-state index < -0.39 is 5.60 Å². The SMILES string of the molecule is CC(C)(C)OC(=O)N1CCC(NC(=O)c2sc(-c3ccco3)nc2-c2ccccc2)CC1. The lowest BCUT2D eigenvalue weighted by Gasteiger charge is -2.33. The third kappa shape index (κ3) is 5.19. The van der Waals surface area contributed by atoms with Crippen LogP contribution in [0.5, 0.6) is 0 Å². The summed E-state index contributed by atoms with van der Waals surface area (Å²) in [5.74, 6) is 0.478. The van der Waals surface area contributed by atoms with Crippen molar-refractivity contribution < 1.29 is 18.7 Å². The summed E-state index contributed by atoms with van der Waals surface area (Å²) in [4.78, 5) is 32.5. The first-order chi connectivity index (χ1) is 15.3. The van der Waals surface area contributed by atoms with Gasteiger partial charge in [-0.1, -0.05) is 30.3 Å². The third-order valence-electron chi connectivity index (χ3n) is 5.09. The van der Waals surface area contributed by atoms with Crippen LogP contribution in [0.4, 0.5) is 4.79 Å². The molecular formula is C24H27N3O4S. The van der Waals surface area contributed by atoms with E-state index in [1.54, 1.807) is 17.2 Å². The van der Waals surface area contributed by atoms with E-state index in [-0.39, 0.29) is 18.0 Å². The number of carbonyl (C=O) groups excluding carboxylic acids is 2. The molecule has 2 amide bonds. The molecule has 1 saturated heterocycles. The first kappa shape index (κ1) is 22.1. The standard InChI is InChI=1S/C24H27N3O4S/c1-24(2,3)31-23(29)27-13-11-17(12-14-27)25-21(28)20-19(16-8-5-4-6-9-16)26-22(32-20)18-10-7-15-30-18/h4-10,15,17H,11-14H2,1-3H3,(H,25,28). The van der Waals surface area contributed by atoms with E-state index in [1.165, 1.54) is 11.3 Å². The van der Waals surface area contributed by atoms with Crippen molar-refractivity contribution in [2.75, 3.05) is 13.1 Å². The fourth-order valence-corrected chi connectivity index (χ4v) is 4.51. The molecule has 3 heterocycles. The minimum Gasteiger partial charge on any atom is -0.462 e. The molecule has 168 valence electrons. The predicted molar refractivity (Wildman–Crippen MR) is 124 cm³/mol. The molecule has 8 heteroatoms. The highest BCUT2D eigenvalue weighted by molar-refractivity contribution is 7.17. The molecule has 1 fully saturated rings. The Hall–Kier alpha value is -3.13. The zero-order chi connectivity index (χ0) is 22.7. The highest BCUT2D eigenvalue weighted by Crippen LogP contribution is 2.34. The first-order valence-corrected chi connectivity index (χ1v) is 11.5. The zero-order valence-electron chi connectivity index (χ0n) is 18.5. The largest absolute Gasteiger partial charge is 0.462 e. The number of nitrogens with zero attached hydrogens (tertiary/aromatic N) is 2. The molecule has 0 aliphatic carbocycles. The number of amides is 2. The van der Waals surface area contributed by atoms with Crippen molar-refractivity contribution in [2.24, 2.45) is 0 Å². The second-order valence-electron chi connectivity index (χ2n) is 8.76. The van der Waals surface area contributed by atoms with Crippen LogP contribution in [0.25, 0.3) is 22.0 Å². The molecule has 32 heavy (non-hydrogen) atoms. The highest BCUT2D eigenvalue weighted by atomic mass is 32.1. The number of piperidine rings is 1. The lowest BCUT2D eigenvalue weighted by Crippen LogP contribution is -2.47. The van der Waals surface area contributed by atoms with E-state index >= 15 is 0 Å². The molecular weight excluding hydrogens is 426 g/mol. The van der Waals surface area contributed by atoms with Gasteiger partial charge in [-0.15, -0.1) is 11.3 Å². The van der Waals surface area contributed by atoms with Gasteiger partial charge in [0.05, 0.1) is 12.0 Å². The van der Waals surface area contributed by atoms with Gasteiger partial charge in [0, 0.05) is 24.7 Å². The lowest BCUT2D eigenvalue weighted by atomic mass is 10.0. The van der Waals surface area contributed by atoms with Crippen LogP contribution in [0.15, 0.2) is 53.1 Å². The maximum Gasteiger partial charge on any atom is 0.410 e. The van der Waals surface area contributed by atoms with Crippen LogP contribution >= 0.6 is 11.3 Å². The van der Waals surface area contributed by atoms with Crippen LogP contribution < -0.4 is 5.32 Å². The maximum absolute atomic E-state index is 13.2. The molecule has 2 aromatic heterocycles. The van der Waals surface area contributed by atoms with Crippen LogP contribution in [0.1, 0.15) is 43.3 Å². The number of ether oxygens (including phenoxy) is 1. The number of carbonyl (C=O) groups is 2. The summed E-state index contributed by atoms with van der Waals surface area (Å²) in [5, 5.41) is 3.80. The molecule has 7 nitrogen and oxygen atoms in total. The Morgan fingerprint density at radius 2 is 1.84 bits per heavy atom. The minimum absolute atomic E-state index is 0.0148. The van der Waals surface area contributed by atoms with Crippen LogP contribution in [0.3, 0.4) is 0 Å².